The van der Waals surface area contributed by atoms with E-state index in [1.54, 1.807) is 24.0 Å². The largest absolute Gasteiger partial charge is 0.309 e. The molecular formula is C23H30ClN3O3S2. The molecule has 1 aromatic heterocycles. The Balaban J connectivity index is 0.00000363. The Hall–Kier alpha value is -2.00. The zero-order valence-corrected chi connectivity index (χ0v) is 21.5. The third-order valence-electron chi connectivity index (χ3n) is 5.09. The van der Waals surface area contributed by atoms with Crippen LogP contribution in [0.5, 0.6) is 0 Å². The molecule has 0 aliphatic carbocycles. The predicted molar refractivity (Wildman–Crippen MR) is 135 cm³/mol. The van der Waals surface area contributed by atoms with Gasteiger partial charge in [0.25, 0.3) is 5.91 Å². The van der Waals surface area contributed by atoms with Crippen molar-refractivity contribution < 1.29 is 13.2 Å². The van der Waals surface area contributed by atoms with Crippen LogP contribution in [-0.2, 0) is 9.84 Å². The minimum atomic E-state index is -3.39. The van der Waals surface area contributed by atoms with Gasteiger partial charge in [0.05, 0.1) is 20.9 Å². The summed E-state index contributed by atoms with van der Waals surface area (Å²) in [4.78, 5) is 22.2. The first-order chi connectivity index (χ1) is 14.6. The molecule has 3 aromatic rings. The van der Waals surface area contributed by atoms with Crippen molar-refractivity contribution in [2.24, 2.45) is 0 Å². The summed E-state index contributed by atoms with van der Waals surface area (Å²) >= 11 is 1.50. The highest BCUT2D eigenvalue weighted by atomic mass is 35.5. The molecule has 0 saturated heterocycles. The number of amides is 1. The van der Waals surface area contributed by atoms with E-state index in [0.29, 0.717) is 17.2 Å². The molecule has 0 N–H and O–H groups in total. The van der Waals surface area contributed by atoms with Crippen molar-refractivity contribution in [3.63, 3.8) is 0 Å². The van der Waals surface area contributed by atoms with Gasteiger partial charge in [0.1, 0.15) is 0 Å². The second-order valence-electron chi connectivity index (χ2n) is 7.97. The molecule has 0 unspecified atom stereocenters. The molecule has 0 aliphatic heterocycles. The summed E-state index contributed by atoms with van der Waals surface area (Å²) in [6.07, 6.45) is 0.777. The summed E-state index contributed by atoms with van der Waals surface area (Å²) in [5.74, 6) is -0.242. The van der Waals surface area contributed by atoms with Crippen molar-refractivity contribution >= 4 is 54.8 Å². The number of thiazole rings is 1. The molecule has 1 amide bonds. The summed E-state index contributed by atoms with van der Waals surface area (Å²) in [6.45, 7) is 7.01. The van der Waals surface area contributed by atoms with Crippen molar-refractivity contribution in [2.45, 2.75) is 32.1 Å². The minimum Gasteiger partial charge on any atom is -0.309 e. The number of carbonyl (C=O) groups is 1. The van der Waals surface area contributed by atoms with Gasteiger partial charge in [-0.2, -0.15) is 0 Å². The van der Waals surface area contributed by atoms with Crippen molar-refractivity contribution in [1.29, 1.82) is 0 Å². The monoisotopic (exact) mass is 495 g/mol. The number of fused-ring (bicyclic) bond motifs is 1. The first-order valence-corrected chi connectivity index (χ1v) is 12.8. The van der Waals surface area contributed by atoms with Crippen LogP contribution in [0.25, 0.3) is 10.2 Å². The Morgan fingerprint density at radius 3 is 2.47 bits per heavy atom. The van der Waals surface area contributed by atoms with Crippen LogP contribution >= 0.6 is 23.7 Å². The number of sulfone groups is 1. The van der Waals surface area contributed by atoms with E-state index in [4.69, 9.17) is 4.98 Å². The lowest BCUT2D eigenvalue weighted by Gasteiger charge is -2.21. The molecule has 1 heterocycles. The zero-order valence-electron chi connectivity index (χ0n) is 19.1. The highest BCUT2D eigenvalue weighted by Crippen LogP contribution is 2.33. The lowest BCUT2D eigenvalue weighted by Crippen LogP contribution is -2.33. The number of anilines is 1. The van der Waals surface area contributed by atoms with Crippen LogP contribution in [0, 0.1) is 13.8 Å². The smallest absolute Gasteiger partial charge is 0.260 e. The maximum Gasteiger partial charge on any atom is 0.260 e. The number of aryl methyl sites for hydroxylation is 2. The first kappa shape index (κ1) is 26.3. The van der Waals surface area contributed by atoms with E-state index < -0.39 is 9.84 Å². The van der Waals surface area contributed by atoms with Crippen LogP contribution < -0.4 is 4.90 Å². The number of rotatable bonds is 8. The number of halogens is 1. The molecule has 2 aromatic carbocycles. The van der Waals surface area contributed by atoms with E-state index in [2.05, 4.69) is 17.9 Å². The molecule has 9 heteroatoms. The highest BCUT2D eigenvalue weighted by Gasteiger charge is 2.23. The third kappa shape index (κ3) is 5.86. The van der Waals surface area contributed by atoms with Gasteiger partial charge in [-0.15, -0.1) is 12.4 Å². The van der Waals surface area contributed by atoms with Gasteiger partial charge in [-0.05, 0) is 76.3 Å². The van der Waals surface area contributed by atoms with E-state index in [-0.39, 0.29) is 29.0 Å². The summed E-state index contributed by atoms with van der Waals surface area (Å²) in [5.41, 5.74) is 3.50. The van der Waals surface area contributed by atoms with Gasteiger partial charge < -0.3 is 4.90 Å². The summed E-state index contributed by atoms with van der Waals surface area (Å²) in [7, 11) is 0.596. The number of aromatic nitrogens is 1. The second kappa shape index (κ2) is 10.7. The topological polar surface area (TPSA) is 70.6 Å². The van der Waals surface area contributed by atoms with Gasteiger partial charge in [0.15, 0.2) is 15.0 Å². The van der Waals surface area contributed by atoms with Crippen LogP contribution in [0.15, 0.2) is 41.3 Å². The quantitative estimate of drug-likeness (QED) is 0.452. The molecule has 3 rings (SSSR count). The minimum absolute atomic E-state index is 0. The maximum atomic E-state index is 13.5. The Labute approximate surface area is 200 Å². The molecule has 32 heavy (non-hydrogen) atoms. The molecular weight excluding hydrogens is 466 g/mol. The molecule has 6 nitrogen and oxygen atoms in total. The lowest BCUT2D eigenvalue weighted by atomic mass is 10.1. The Bertz CT molecular complexity index is 1210. The number of benzene rings is 2. The highest BCUT2D eigenvalue weighted by molar-refractivity contribution is 7.91. The Morgan fingerprint density at radius 2 is 1.81 bits per heavy atom. The molecule has 0 fully saturated rings. The number of carbonyl (C=O) groups excluding carboxylic acids is 1. The van der Waals surface area contributed by atoms with E-state index >= 15 is 0 Å². The van der Waals surface area contributed by atoms with Gasteiger partial charge in [-0.3, -0.25) is 9.69 Å². The lowest BCUT2D eigenvalue weighted by molar-refractivity contribution is 0.0986. The van der Waals surface area contributed by atoms with Crippen LogP contribution in [0.1, 0.15) is 34.8 Å². The average Bonchev–Trinajstić information content (AvgIpc) is 3.14. The standard InChI is InChI=1S/C23H29N3O3S2.ClH/c1-6-31(28,29)19-10-7-9-18(15-19)22(27)26(12-8-11-25(4)5)23-24-20-14-16(2)13-17(3)21(20)30-23;/h7,9-10,13-15H,6,8,11-12H2,1-5H3;1H. The molecule has 0 atom stereocenters. The van der Waals surface area contributed by atoms with Crippen molar-refractivity contribution in [2.75, 3.05) is 37.8 Å². The van der Waals surface area contributed by atoms with Crippen LogP contribution in [0.3, 0.4) is 0 Å². The van der Waals surface area contributed by atoms with Crippen LogP contribution in [0.2, 0.25) is 0 Å². The van der Waals surface area contributed by atoms with Crippen molar-refractivity contribution in [3.8, 4) is 0 Å². The molecule has 0 aliphatic rings. The SMILES string of the molecule is CCS(=O)(=O)c1cccc(C(=O)N(CCCN(C)C)c2nc3cc(C)cc(C)c3s2)c1.Cl. The van der Waals surface area contributed by atoms with Crippen LogP contribution in [-0.4, -0.2) is 57.1 Å². The van der Waals surface area contributed by atoms with Crippen LogP contribution in [0.4, 0.5) is 5.13 Å². The van der Waals surface area contributed by atoms with Gasteiger partial charge in [-0.1, -0.05) is 30.4 Å². The molecule has 174 valence electrons. The molecule has 0 spiro atoms. The van der Waals surface area contributed by atoms with Gasteiger partial charge in [0.2, 0.25) is 0 Å². The fourth-order valence-corrected chi connectivity index (χ4v) is 5.42. The normalized spacial score (nSPS) is 11.6. The number of hydrogen-bond donors (Lipinski definition) is 0. The Morgan fingerprint density at radius 1 is 1.09 bits per heavy atom. The zero-order chi connectivity index (χ0) is 22.8. The second-order valence-corrected chi connectivity index (χ2v) is 11.2. The van der Waals surface area contributed by atoms with Gasteiger partial charge in [-0.25, -0.2) is 13.4 Å². The van der Waals surface area contributed by atoms with E-state index in [1.165, 1.54) is 23.5 Å². The van der Waals surface area contributed by atoms with Crippen molar-refractivity contribution in [3.05, 3.63) is 53.1 Å². The van der Waals surface area contributed by atoms with E-state index in [0.717, 1.165) is 34.3 Å². The maximum absolute atomic E-state index is 13.5. The summed E-state index contributed by atoms with van der Waals surface area (Å²) in [6, 6.07) is 10.4. The first-order valence-electron chi connectivity index (χ1n) is 10.3. The molecule has 0 radical (unpaired) electrons. The molecule has 0 saturated carbocycles. The summed E-state index contributed by atoms with van der Waals surface area (Å²) in [5, 5.41) is 0.635. The van der Waals surface area contributed by atoms with Gasteiger partial charge >= 0.3 is 0 Å². The van der Waals surface area contributed by atoms with Gasteiger partial charge in [0, 0.05) is 12.1 Å². The average molecular weight is 496 g/mol. The van der Waals surface area contributed by atoms with E-state index in [1.807, 2.05) is 27.1 Å². The number of hydrogen-bond acceptors (Lipinski definition) is 6. The Kier molecular flexibility index (Phi) is 8.82. The van der Waals surface area contributed by atoms with Crippen molar-refractivity contribution in [1.82, 2.24) is 9.88 Å². The fraction of sp³-hybridized carbons (Fsp3) is 0.391. The fourth-order valence-electron chi connectivity index (χ4n) is 3.45. The number of nitrogens with zero attached hydrogens (tertiary/aromatic N) is 3. The predicted octanol–water partition coefficient (Wildman–Crippen LogP) is 4.73. The third-order valence-corrected chi connectivity index (χ3v) is 8.05. The molecule has 0 bridgehead atoms. The van der Waals surface area contributed by atoms with E-state index in [9.17, 15) is 13.2 Å². The summed E-state index contributed by atoms with van der Waals surface area (Å²) < 4.78 is 25.7.